The van der Waals surface area contributed by atoms with Gasteiger partial charge >= 0.3 is 6.18 Å². The van der Waals surface area contributed by atoms with Gasteiger partial charge in [0, 0.05) is 43.4 Å². The molecule has 3 heterocycles. The Bertz CT molecular complexity index is 823. The number of nitrogens with zero attached hydrogens (tertiary/aromatic N) is 5. The van der Waals surface area contributed by atoms with E-state index in [0.717, 1.165) is 18.4 Å². The molecule has 2 fully saturated rings. The van der Waals surface area contributed by atoms with Gasteiger partial charge in [0.15, 0.2) is 0 Å². The molecule has 1 atom stereocenters. The van der Waals surface area contributed by atoms with Crippen LogP contribution < -0.4 is 5.32 Å². The van der Waals surface area contributed by atoms with Crippen LogP contribution in [0.5, 0.6) is 0 Å². The molecule has 27 heavy (non-hydrogen) atoms. The molecular weight excluding hydrogens is 361 g/mol. The smallest absolute Gasteiger partial charge is 0.345 e. The van der Waals surface area contributed by atoms with E-state index in [2.05, 4.69) is 25.3 Å². The maximum atomic E-state index is 12.8. The maximum absolute atomic E-state index is 12.8. The Kier molecular flexibility index (Phi) is 4.20. The van der Waals surface area contributed by atoms with E-state index >= 15 is 0 Å². The Labute approximate surface area is 153 Å². The van der Waals surface area contributed by atoms with Crippen LogP contribution in [0.2, 0.25) is 0 Å². The molecule has 7 nitrogen and oxygen atoms in total. The summed E-state index contributed by atoms with van der Waals surface area (Å²) in [6.07, 6.45) is 5.03. The summed E-state index contributed by atoms with van der Waals surface area (Å²) in [5, 5.41) is 3.23. The number of alkyl halides is 3. The molecule has 2 aromatic rings. The van der Waals surface area contributed by atoms with Crippen LogP contribution in [0.3, 0.4) is 0 Å². The Morgan fingerprint density at radius 1 is 1.15 bits per heavy atom. The van der Waals surface area contributed by atoms with E-state index in [1.165, 1.54) is 23.6 Å². The third kappa shape index (κ3) is 3.56. The number of amides is 1. The van der Waals surface area contributed by atoms with Crippen molar-refractivity contribution in [2.24, 2.45) is 5.92 Å². The van der Waals surface area contributed by atoms with Gasteiger partial charge in [0.05, 0.1) is 17.0 Å². The van der Waals surface area contributed by atoms with Crippen LogP contribution in [0.1, 0.15) is 35.2 Å². The molecular formula is C17H17F3N6O. The molecule has 1 saturated heterocycles. The SMILES string of the molecule is O=C(c1cnc(NC2(c3cncnc3)CC2)nc1)N1CC[C@H](C(F)(F)F)C1. The number of likely N-dealkylation sites (tertiary alicyclic amines) is 1. The van der Waals surface area contributed by atoms with Crippen LogP contribution in [0.25, 0.3) is 0 Å². The number of carbonyl (C=O) groups excluding carboxylic acids is 1. The zero-order chi connectivity index (χ0) is 19.1. The van der Waals surface area contributed by atoms with Crippen molar-refractivity contribution in [2.45, 2.75) is 31.0 Å². The van der Waals surface area contributed by atoms with Crippen molar-refractivity contribution in [1.82, 2.24) is 24.8 Å². The summed E-state index contributed by atoms with van der Waals surface area (Å²) in [5.41, 5.74) is 0.807. The monoisotopic (exact) mass is 378 g/mol. The van der Waals surface area contributed by atoms with Crippen molar-refractivity contribution in [3.63, 3.8) is 0 Å². The van der Waals surface area contributed by atoms with Gasteiger partial charge in [0.1, 0.15) is 6.33 Å². The fourth-order valence-corrected chi connectivity index (χ4v) is 3.27. The van der Waals surface area contributed by atoms with Crippen LogP contribution in [-0.4, -0.2) is 50.0 Å². The standard InChI is InChI=1S/C17H17F3N6O/c18-17(19,20)12-1-4-26(9-12)14(27)11-5-23-15(24-6-11)25-16(2-3-16)13-7-21-10-22-8-13/h5-8,10,12H,1-4,9H2,(H,23,24,25)/t12-/m0/s1. The predicted molar refractivity (Wildman–Crippen MR) is 88.7 cm³/mol. The fourth-order valence-electron chi connectivity index (χ4n) is 3.27. The molecule has 4 rings (SSSR count). The van der Waals surface area contributed by atoms with E-state index < -0.39 is 18.0 Å². The van der Waals surface area contributed by atoms with Gasteiger partial charge in [-0.3, -0.25) is 4.79 Å². The maximum Gasteiger partial charge on any atom is 0.393 e. The summed E-state index contributed by atoms with van der Waals surface area (Å²) in [5.74, 6) is -1.60. The van der Waals surface area contributed by atoms with Crippen molar-refractivity contribution in [3.05, 3.63) is 42.2 Å². The van der Waals surface area contributed by atoms with E-state index in [1.54, 1.807) is 12.4 Å². The third-order valence-corrected chi connectivity index (χ3v) is 5.05. The lowest BCUT2D eigenvalue weighted by atomic mass is 10.1. The average Bonchev–Trinajstić information content (AvgIpc) is 3.26. The summed E-state index contributed by atoms with van der Waals surface area (Å²) >= 11 is 0. The van der Waals surface area contributed by atoms with Crippen LogP contribution >= 0.6 is 0 Å². The predicted octanol–water partition coefficient (Wildman–Crippen LogP) is 2.39. The lowest BCUT2D eigenvalue weighted by Crippen LogP contribution is -2.32. The molecule has 1 saturated carbocycles. The summed E-state index contributed by atoms with van der Waals surface area (Å²) in [6, 6.07) is 0. The second-order valence-electron chi connectivity index (χ2n) is 6.91. The third-order valence-electron chi connectivity index (χ3n) is 5.05. The van der Waals surface area contributed by atoms with Crippen LogP contribution in [0, 0.1) is 5.92 Å². The molecule has 1 aliphatic heterocycles. The number of carbonyl (C=O) groups is 1. The summed E-state index contributed by atoms with van der Waals surface area (Å²) in [7, 11) is 0. The highest BCUT2D eigenvalue weighted by Crippen LogP contribution is 2.47. The van der Waals surface area contributed by atoms with Gasteiger partial charge in [0.2, 0.25) is 5.95 Å². The van der Waals surface area contributed by atoms with Gasteiger partial charge in [-0.1, -0.05) is 0 Å². The molecule has 0 aromatic carbocycles. The molecule has 2 aromatic heterocycles. The minimum atomic E-state index is -4.28. The number of aromatic nitrogens is 4. The van der Waals surface area contributed by atoms with Gasteiger partial charge in [-0.2, -0.15) is 13.2 Å². The normalized spacial score (nSPS) is 21.1. The molecule has 0 bridgehead atoms. The number of rotatable bonds is 4. The first-order valence-corrected chi connectivity index (χ1v) is 8.59. The summed E-state index contributed by atoms with van der Waals surface area (Å²) < 4.78 is 38.3. The number of anilines is 1. The number of hydrogen-bond donors (Lipinski definition) is 1. The highest BCUT2D eigenvalue weighted by atomic mass is 19.4. The van der Waals surface area contributed by atoms with E-state index in [9.17, 15) is 18.0 Å². The minimum Gasteiger partial charge on any atom is -0.345 e. The lowest BCUT2D eigenvalue weighted by Gasteiger charge is -2.19. The molecule has 1 aliphatic carbocycles. The largest absolute Gasteiger partial charge is 0.393 e. The van der Waals surface area contributed by atoms with Crippen molar-refractivity contribution in [1.29, 1.82) is 0 Å². The van der Waals surface area contributed by atoms with Crippen molar-refractivity contribution in [3.8, 4) is 0 Å². The van der Waals surface area contributed by atoms with Crippen molar-refractivity contribution in [2.75, 3.05) is 18.4 Å². The first-order valence-electron chi connectivity index (χ1n) is 8.59. The second-order valence-corrected chi connectivity index (χ2v) is 6.91. The van der Waals surface area contributed by atoms with Gasteiger partial charge in [0.25, 0.3) is 5.91 Å². The quantitative estimate of drug-likeness (QED) is 0.880. The Hall–Kier alpha value is -2.78. The molecule has 1 N–H and O–H groups in total. The highest BCUT2D eigenvalue weighted by molar-refractivity contribution is 5.93. The molecule has 142 valence electrons. The van der Waals surface area contributed by atoms with E-state index in [4.69, 9.17) is 0 Å². The molecule has 10 heteroatoms. The van der Waals surface area contributed by atoms with Gasteiger partial charge < -0.3 is 10.2 Å². The van der Waals surface area contributed by atoms with E-state index in [1.807, 2.05) is 0 Å². The van der Waals surface area contributed by atoms with E-state index in [0.29, 0.717) is 5.95 Å². The Morgan fingerprint density at radius 2 is 1.81 bits per heavy atom. The Balaban J connectivity index is 1.42. The molecule has 0 unspecified atom stereocenters. The first kappa shape index (κ1) is 17.6. The van der Waals surface area contributed by atoms with Crippen LogP contribution in [0.4, 0.5) is 19.1 Å². The summed E-state index contributed by atoms with van der Waals surface area (Å²) in [4.78, 5) is 29.9. The minimum absolute atomic E-state index is 0.0720. The number of hydrogen-bond acceptors (Lipinski definition) is 6. The van der Waals surface area contributed by atoms with Crippen LogP contribution in [-0.2, 0) is 5.54 Å². The van der Waals surface area contributed by atoms with Gasteiger partial charge in [-0.15, -0.1) is 0 Å². The van der Waals surface area contributed by atoms with Crippen LogP contribution in [0.15, 0.2) is 31.1 Å². The van der Waals surface area contributed by atoms with Gasteiger partial charge in [-0.05, 0) is 19.3 Å². The zero-order valence-corrected chi connectivity index (χ0v) is 14.3. The molecule has 0 radical (unpaired) electrons. The molecule has 1 amide bonds. The second kappa shape index (κ2) is 6.43. The highest BCUT2D eigenvalue weighted by Gasteiger charge is 2.46. The van der Waals surface area contributed by atoms with Gasteiger partial charge in [-0.25, -0.2) is 19.9 Å². The lowest BCUT2D eigenvalue weighted by molar-refractivity contribution is -0.169. The molecule has 0 spiro atoms. The molecule has 2 aliphatic rings. The topological polar surface area (TPSA) is 83.9 Å². The zero-order valence-electron chi connectivity index (χ0n) is 14.3. The first-order chi connectivity index (χ1) is 12.9. The van der Waals surface area contributed by atoms with Crippen molar-refractivity contribution < 1.29 is 18.0 Å². The fraction of sp³-hybridized carbons (Fsp3) is 0.471. The number of nitrogens with one attached hydrogen (secondary N) is 1. The Morgan fingerprint density at radius 3 is 2.37 bits per heavy atom. The number of halogens is 3. The average molecular weight is 378 g/mol. The summed E-state index contributed by atoms with van der Waals surface area (Å²) in [6.45, 7) is -0.237. The van der Waals surface area contributed by atoms with E-state index in [-0.39, 0.29) is 30.6 Å². The van der Waals surface area contributed by atoms with Crippen molar-refractivity contribution >= 4 is 11.9 Å².